The molecule has 3 heterocycles. The van der Waals surface area contributed by atoms with Crippen LogP contribution in [-0.4, -0.2) is 99.3 Å². The number of rotatable bonds is 16. The summed E-state index contributed by atoms with van der Waals surface area (Å²) in [6, 6.07) is 29.4. The number of aliphatic hydroxyl groups is 1. The standard InChI is InChI=1S/C50H61N7O6/c1-49(2,3)43(55-47(61)63-7)45(59)54-41(30-34-20-22-35(23-21-34)39-18-13-14-25-51-39)42(58)31-37(29-33-15-9-8-10-16-33)53-46(60)44(50(4,5)6)57-28-27-56(48(57)62)32-36-24-26-52-40-19-12-11-17-38(36)40/h8-26,37,41-44,58H,27-32H2,1-7H3,(H,53,60)(H,54,59)(H,55,61)/t37-,41-,42-,43+,44+/m0/s1. The van der Waals surface area contributed by atoms with Gasteiger partial charge in [0, 0.05) is 49.0 Å². The monoisotopic (exact) mass is 855 g/mol. The second-order valence-corrected chi connectivity index (χ2v) is 18.5. The van der Waals surface area contributed by atoms with Crippen molar-refractivity contribution in [2.24, 2.45) is 10.8 Å². The minimum atomic E-state index is -1.16. The fraction of sp³-hybridized carbons (Fsp3) is 0.400. The molecule has 5 amide bonds. The SMILES string of the molecule is COC(=O)N[C@H](C(=O)N[C@@H](Cc1ccc(-c2ccccn2)cc1)[C@@H](O)C[C@H](Cc1ccccc1)NC(=O)[C@@H](N1CCN(Cc2ccnc3ccccc23)C1=O)C(C)(C)C)C(C)(C)C. The van der Waals surface area contributed by atoms with Gasteiger partial charge in [0.25, 0.3) is 0 Å². The summed E-state index contributed by atoms with van der Waals surface area (Å²) in [4.78, 5) is 67.8. The maximum atomic E-state index is 14.7. The molecule has 13 nitrogen and oxygen atoms in total. The van der Waals surface area contributed by atoms with Gasteiger partial charge in [-0.15, -0.1) is 0 Å². The van der Waals surface area contributed by atoms with Gasteiger partial charge in [0.05, 0.1) is 30.5 Å². The van der Waals surface area contributed by atoms with Crippen LogP contribution in [0.25, 0.3) is 22.2 Å². The van der Waals surface area contributed by atoms with E-state index >= 15 is 0 Å². The third-order valence-electron chi connectivity index (χ3n) is 11.5. The number of alkyl carbamates (subject to hydrolysis) is 1. The number of aromatic nitrogens is 2. The molecule has 5 aromatic rings. The quantitative estimate of drug-likeness (QED) is 0.0830. The van der Waals surface area contributed by atoms with Gasteiger partial charge in [0.1, 0.15) is 12.1 Å². The van der Waals surface area contributed by atoms with Crippen LogP contribution in [0, 0.1) is 10.8 Å². The molecule has 1 saturated heterocycles. The van der Waals surface area contributed by atoms with Gasteiger partial charge in [-0.3, -0.25) is 19.6 Å². The second kappa shape index (κ2) is 20.2. The summed E-state index contributed by atoms with van der Waals surface area (Å²) < 4.78 is 4.85. The fourth-order valence-corrected chi connectivity index (χ4v) is 8.32. The molecule has 4 N–H and O–H groups in total. The van der Waals surface area contributed by atoms with Crippen molar-refractivity contribution in [1.82, 2.24) is 35.7 Å². The van der Waals surface area contributed by atoms with Crippen LogP contribution in [0.5, 0.6) is 0 Å². The molecule has 2 aromatic heterocycles. The van der Waals surface area contributed by atoms with Gasteiger partial charge < -0.3 is 35.6 Å². The summed E-state index contributed by atoms with van der Waals surface area (Å²) in [6.45, 7) is 12.5. The van der Waals surface area contributed by atoms with Crippen molar-refractivity contribution < 1.29 is 29.0 Å². The number of carbonyl (C=O) groups is 4. The van der Waals surface area contributed by atoms with Crippen LogP contribution < -0.4 is 16.0 Å². The van der Waals surface area contributed by atoms with E-state index in [9.17, 15) is 24.3 Å². The molecule has 0 unspecified atom stereocenters. The summed E-state index contributed by atoms with van der Waals surface area (Å²) in [5.41, 5.74) is 3.99. The number of urea groups is 1. The van der Waals surface area contributed by atoms with Gasteiger partial charge in [-0.1, -0.05) is 120 Å². The molecule has 0 bridgehead atoms. The molecular weight excluding hydrogens is 795 g/mol. The van der Waals surface area contributed by atoms with E-state index in [1.807, 2.05) is 145 Å². The maximum Gasteiger partial charge on any atom is 0.407 e. The first-order valence-corrected chi connectivity index (χ1v) is 21.6. The molecule has 5 atom stereocenters. The molecular formula is C50H61N7O6. The molecule has 0 saturated carbocycles. The number of ether oxygens (including phenoxy) is 1. The molecule has 6 rings (SSSR count). The Kier molecular flexibility index (Phi) is 14.8. The molecule has 63 heavy (non-hydrogen) atoms. The number of pyridine rings is 2. The Balaban J connectivity index is 1.26. The second-order valence-electron chi connectivity index (χ2n) is 18.5. The normalized spacial score (nSPS) is 15.6. The molecule has 1 aliphatic rings. The average Bonchev–Trinajstić information content (AvgIpc) is 3.60. The molecule has 13 heteroatoms. The minimum absolute atomic E-state index is 0.0638. The van der Waals surface area contributed by atoms with Crippen LogP contribution in [0.3, 0.4) is 0 Å². The highest BCUT2D eigenvalue weighted by molar-refractivity contribution is 5.89. The van der Waals surface area contributed by atoms with E-state index in [0.29, 0.717) is 26.1 Å². The predicted octanol–water partition coefficient (Wildman–Crippen LogP) is 6.93. The van der Waals surface area contributed by atoms with Crippen molar-refractivity contribution in [3.63, 3.8) is 0 Å². The number of nitrogens with one attached hydrogen (secondary N) is 3. The molecule has 1 fully saturated rings. The summed E-state index contributed by atoms with van der Waals surface area (Å²) in [5.74, 6) is -0.823. The highest BCUT2D eigenvalue weighted by Crippen LogP contribution is 2.30. The lowest BCUT2D eigenvalue weighted by Gasteiger charge is -2.38. The fourth-order valence-electron chi connectivity index (χ4n) is 8.32. The Morgan fingerprint density at radius 1 is 0.730 bits per heavy atom. The smallest absolute Gasteiger partial charge is 0.407 e. The Bertz CT molecular complexity index is 2320. The lowest BCUT2D eigenvalue weighted by molar-refractivity contribution is -0.130. The zero-order valence-corrected chi connectivity index (χ0v) is 37.4. The van der Waals surface area contributed by atoms with Gasteiger partial charge in [-0.05, 0) is 71.0 Å². The first-order chi connectivity index (χ1) is 30.0. The van der Waals surface area contributed by atoms with E-state index in [1.165, 1.54) is 7.11 Å². The Morgan fingerprint density at radius 3 is 2.08 bits per heavy atom. The molecule has 0 aliphatic carbocycles. The van der Waals surface area contributed by atoms with Crippen molar-refractivity contribution in [1.29, 1.82) is 0 Å². The first-order valence-electron chi connectivity index (χ1n) is 21.6. The molecule has 332 valence electrons. The van der Waals surface area contributed by atoms with E-state index in [4.69, 9.17) is 4.74 Å². The van der Waals surface area contributed by atoms with E-state index in [0.717, 1.165) is 38.9 Å². The number of para-hydroxylation sites is 1. The van der Waals surface area contributed by atoms with Gasteiger partial charge in [0.2, 0.25) is 11.8 Å². The van der Waals surface area contributed by atoms with Crippen molar-refractivity contribution in [2.45, 2.75) is 97.6 Å². The van der Waals surface area contributed by atoms with E-state index in [2.05, 4.69) is 25.9 Å². The number of methoxy groups -OCH3 is 1. The summed E-state index contributed by atoms with van der Waals surface area (Å²) >= 11 is 0. The van der Waals surface area contributed by atoms with Crippen LogP contribution in [0.15, 0.2) is 116 Å². The maximum absolute atomic E-state index is 14.7. The van der Waals surface area contributed by atoms with Crippen molar-refractivity contribution in [3.8, 4) is 11.3 Å². The number of fused-ring (bicyclic) bond motifs is 1. The van der Waals surface area contributed by atoms with Crippen LogP contribution in [0.4, 0.5) is 9.59 Å². The lowest BCUT2D eigenvalue weighted by atomic mass is 9.84. The van der Waals surface area contributed by atoms with Crippen molar-refractivity contribution in [3.05, 3.63) is 132 Å². The number of carbonyl (C=O) groups excluding carboxylic acids is 4. The molecule has 1 aliphatic heterocycles. The van der Waals surface area contributed by atoms with Crippen LogP contribution in [0.1, 0.15) is 64.7 Å². The minimum Gasteiger partial charge on any atom is -0.453 e. The van der Waals surface area contributed by atoms with Gasteiger partial charge in [-0.25, -0.2) is 9.59 Å². The number of hydrogen-bond donors (Lipinski definition) is 4. The zero-order valence-electron chi connectivity index (χ0n) is 37.4. The molecule has 0 radical (unpaired) electrons. The number of aliphatic hydroxyl groups excluding tert-OH is 1. The van der Waals surface area contributed by atoms with Gasteiger partial charge >= 0.3 is 12.1 Å². The number of benzene rings is 3. The topological polar surface area (TPSA) is 166 Å². The molecule has 3 aromatic carbocycles. The molecule has 0 spiro atoms. The number of nitrogens with zero attached hydrogens (tertiary/aromatic N) is 4. The Hall–Kier alpha value is -6.34. The third-order valence-corrected chi connectivity index (χ3v) is 11.5. The summed E-state index contributed by atoms with van der Waals surface area (Å²) in [7, 11) is 1.24. The van der Waals surface area contributed by atoms with E-state index in [-0.39, 0.29) is 24.8 Å². The highest BCUT2D eigenvalue weighted by Gasteiger charge is 2.44. The Morgan fingerprint density at radius 2 is 1.41 bits per heavy atom. The summed E-state index contributed by atoms with van der Waals surface area (Å²) in [5, 5.41) is 22.2. The Labute approximate surface area is 370 Å². The number of hydrogen-bond acceptors (Lipinski definition) is 8. The first kappa shape index (κ1) is 46.2. The highest BCUT2D eigenvalue weighted by atomic mass is 16.5. The average molecular weight is 856 g/mol. The summed E-state index contributed by atoms with van der Waals surface area (Å²) in [6.07, 6.45) is 2.25. The number of amides is 5. The van der Waals surface area contributed by atoms with Gasteiger partial charge in [0.15, 0.2) is 0 Å². The van der Waals surface area contributed by atoms with Crippen molar-refractivity contribution >= 4 is 34.8 Å². The lowest BCUT2D eigenvalue weighted by Crippen LogP contribution is -2.59. The predicted molar refractivity (Wildman–Crippen MR) is 244 cm³/mol. The van der Waals surface area contributed by atoms with Crippen molar-refractivity contribution in [2.75, 3.05) is 20.2 Å². The van der Waals surface area contributed by atoms with Crippen LogP contribution >= 0.6 is 0 Å². The van der Waals surface area contributed by atoms with Crippen LogP contribution in [-0.2, 0) is 33.7 Å². The van der Waals surface area contributed by atoms with E-state index in [1.54, 1.807) is 22.2 Å². The van der Waals surface area contributed by atoms with E-state index < -0.39 is 53.1 Å². The van der Waals surface area contributed by atoms with Gasteiger partial charge in [-0.2, -0.15) is 0 Å². The zero-order chi connectivity index (χ0) is 45.3. The third kappa shape index (κ3) is 12.0. The largest absolute Gasteiger partial charge is 0.453 e. The van der Waals surface area contributed by atoms with Crippen LogP contribution in [0.2, 0.25) is 0 Å².